The molecule has 0 amide bonds. The fraction of sp³-hybridized carbons (Fsp3) is 0.276. The third-order valence-corrected chi connectivity index (χ3v) is 8.26. The molecule has 6 nitrogen and oxygen atoms in total. The normalized spacial score (nSPS) is 12.1. The molecule has 0 radical (unpaired) electrons. The van der Waals surface area contributed by atoms with Gasteiger partial charge in [-0.3, -0.25) is 14.4 Å². The second-order valence-electron chi connectivity index (χ2n) is 9.72. The maximum absolute atomic E-state index is 13.6. The number of thioether (sulfide) groups is 1. The monoisotopic (exact) mass is 500 g/mol. The van der Waals surface area contributed by atoms with E-state index in [2.05, 4.69) is 4.57 Å². The minimum absolute atomic E-state index is 0.0399. The van der Waals surface area contributed by atoms with Gasteiger partial charge in [0.1, 0.15) is 0 Å². The topological polar surface area (TPSA) is 70.3 Å². The zero-order valence-corrected chi connectivity index (χ0v) is 21.6. The highest BCUT2D eigenvalue weighted by molar-refractivity contribution is 7.99. The van der Waals surface area contributed by atoms with Crippen LogP contribution in [-0.2, 0) is 23.1 Å². The molecule has 7 heteroatoms. The van der Waals surface area contributed by atoms with Gasteiger partial charge in [-0.1, -0.05) is 24.3 Å². The molecule has 0 aliphatic carbocycles. The molecule has 3 aromatic carbocycles. The predicted octanol–water partition coefficient (Wildman–Crippen LogP) is 5.09. The molecular formula is C29H28N2O4S. The van der Waals surface area contributed by atoms with Crippen LogP contribution in [0.1, 0.15) is 13.8 Å². The predicted molar refractivity (Wildman–Crippen MR) is 149 cm³/mol. The number of esters is 1. The molecule has 0 aliphatic rings. The summed E-state index contributed by atoms with van der Waals surface area (Å²) in [7, 11) is 3.33. The summed E-state index contributed by atoms with van der Waals surface area (Å²) in [5.41, 5.74) is 2.47. The number of hydrogen-bond acceptors (Lipinski definition) is 5. The van der Waals surface area contributed by atoms with Gasteiger partial charge in [0, 0.05) is 46.6 Å². The van der Waals surface area contributed by atoms with Gasteiger partial charge in [-0.15, -0.1) is 0 Å². The van der Waals surface area contributed by atoms with Crippen molar-refractivity contribution in [3.63, 3.8) is 0 Å². The van der Waals surface area contributed by atoms with E-state index in [0.29, 0.717) is 33.8 Å². The van der Waals surface area contributed by atoms with Gasteiger partial charge < -0.3 is 13.9 Å². The van der Waals surface area contributed by atoms with Crippen molar-refractivity contribution in [3.05, 3.63) is 81.1 Å². The Hall–Kier alpha value is -3.58. The molecule has 184 valence electrons. The highest BCUT2D eigenvalue weighted by atomic mass is 32.2. The summed E-state index contributed by atoms with van der Waals surface area (Å²) in [6.07, 6.45) is 0. The lowest BCUT2D eigenvalue weighted by Gasteiger charge is -2.21. The van der Waals surface area contributed by atoms with E-state index >= 15 is 0 Å². The van der Waals surface area contributed by atoms with Gasteiger partial charge in [0.2, 0.25) is 0 Å². The van der Waals surface area contributed by atoms with Crippen molar-refractivity contribution in [1.82, 2.24) is 9.13 Å². The standard InChI is InChI=1S/C29H28N2O4S/c1-29(2,28(34)35-4)17-36-14-13-31-23-12-8-6-10-19(23)27(33)21-15-24-20(16-25(21)31)26(32)18-9-5-7-11-22(18)30(24)3/h5-12,15-16H,13-14,17H2,1-4H3. The van der Waals surface area contributed by atoms with Crippen LogP contribution in [0.3, 0.4) is 0 Å². The highest BCUT2D eigenvalue weighted by Gasteiger charge is 2.28. The Kier molecular flexibility index (Phi) is 6.12. The first-order valence-electron chi connectivity index (χ1n) is 11.9. The molecule has 0 unspecified atom stereocenters. The molecule has 2 aromatic heterocycles. The average molecular weight is 501 g/mol. The summed E-state index contributed by atoms with van der Waals surface area (Å²) in [6, 6.07) is 18.9. The Labute approximate surface area is 212 Å². The first-order chi connectivity index (χ1) is 17.2. The number of para-hydroxylation sites is 2. The lowest BCUT2D eigenvalue weighted by molar-refractivity contribution is -0.149. The van der Waals surface area contributed by atoms with E-state index in [9.17, 15) is 14.4 Å². The van der Waals surface area contributed by atoms with Crippen LogP contribution >= 0.6 is 11.8 Å². The second-order valence-corrected chi connectivity index (χ2v) is 10.8. The van der Waals surface area contributed by atoms with E-state index in [4.69, 9.17) is 4.74 Å². The number of aromatic nitrogens is 2. The van der Waals surface area contributed by atoms with Crippen LogP contribution in [-0.4, -0.2) is 33.7 Å². The maximum Gasteiger partial charge on any atom is 0.312 e. The smallest absolute Gasteiger partial charge is 0.312 e. The van der Waals surface area contributed by atoms with Gasteiger partial charge in [0.25, 0.3) is 0 Å². The van der Waals surface area contributed by atoms with Gasteiger partial charge >= 0.3 is 5.97 Å². The van der Waals surface area contributed by atoms with Crippen LogP contribution in [0.25, 0.3) is 43.6 Å². The van der Waals surface area contributed by atoms with Crippen molar-refractivity contribution >= 4 is 61.3 Å². The quantitative estimate of drug-likeness (QED) is 0.184. The number of carbonyl (C=O) groups is 1. The fourth-order valence-electron chi connectivity index (χ4n) is 4.91. The maximum atomic E-state index is 13.6. The van der Waals surface area contributed by atoms with Crippen molar-refractivity contribution in [2.75, 3.05) is 18.6 Å². The van der Waals surface area contributed by atoms with Crippen molar-refractivity contribution in [3.8, 4) is 0 Å². The third kappa shape index (κ3) is 3.88. The molecule has 0 fully saturated rings. The number of benzene rings is 3. The van der Waals surface area contributed by atoms with Crippen LogP contribution in [0.5, 0.6) is 0 Å². The van der Waals surface area contributed by atoms with Gasteiger partial charge in [-0.2, -0.15) is 11.8 Å². The van der Waals surface area contributed by atoms with Crippen molar-refractivity contribution in [2.24, 2.45) is 12.5 Å². The van der Waals surface area contributed by atoms with Gasteiger partial charge in [-0.25, -0.2) is 0 Å². The highest BCUT2D eigenvalue weighted by Crippen LogP contribution is 2.27. The molecule has 5 rings (SSSR count). The Morgan fingerprint density at radius 2 is 1.39 bits per heavy atom. The molecular weight excluding hydrogens is 472 g/mol. The van der Waals surface area contributed by atoms with Gasteiger partial charge in [0.15, 0.2) is 10.9 Å². The SMILES string of the molecule is COC(=O)C(C)(C)CSCCn1c2ccccc2c(=O)c2cc3c(cc21)c(=O)c1ccccc1n3C. The first kappa shape index (κ1) is 24.1. The summed E-state index contributed by atoms with van der Waals surface area (Å²) in [4.78, 5) is 39.1. The van der Waals surface area contributed by atoms with Crippen molar-refractivity contribution in [1.29, 1.82) is 0 Å². The summed E-state index contributed by atoms with van der Waals surface area (Å²) >= 11 is 1.67. The molecule has 0 spiro atoms. The Morgan fingerprint density at radius 1 is 0.833 bits per heavy atom. The zero-order chi connectivity index (χ0) is 25.6. The lowest BCUT2D eigenvalue weighted by Crippen LogP contribution is -2.28. The number of pyridine rings is 2. The number of rotatable bonds is 6. The van der Waals surface area contributed by atoms with E-state index in [1.165, 1.54) is 7.11 Å². The summed E-state index contributed by atoms with van der Waals surface area (Å²) in [6.45, 7) is 4.38. The zero-order valence-electron chi connectivity index (χ0n) is 20.8. The Morgan fingerprint density at radius 3 is 2.06 bits per heavy atom. The second kappa shape index (κ2) is 9.13. The summed E-state index contributed by atoms with van der Waals surface area (Å²) in [5, 5.41) is 2.48. The molecule has 0 saturated heterocycles. The van der Waals surface area contributed by atoms with Crippen molar-refractivity contribution in [2.45, 2.75) is 20.4 Å². The van der Waals surface area contributed by atoms with E-state index in [1.807, 2.05) is 86.1 Å². The lowest BCUT2D eigenvalue weighted by atomic mass is 9.97. The molecule has 0 aliphatic heterocycles. The number of fused-ring (bicyclic) bond motifs is 4. The number of carbonyl (C=O) groups excluding carboxylic acids is 1. The van der Waals surface area contributed by atoms with Crippen molar-refractivity contribution < 1.29 is 9.53 Å². The molecule has 2 heterocycles. The number of methoxy groups -OCH3 is 1. The molecule has 0 atom stereocenters. The largest absolute Gasteiger partial charge is 0.469 e. The minimum atomic E-state index is -0.587. The van der Waals surface area contributed by atoms with Crippen LogP contribution in [0, 0.1) is 5.41 Å². The molecule has 36 heavy (non-hydrogen) atoms. The van der Waals surface area contributed by atoms with E-state index in [-0.39, 0.29) is 16.8 Å². The number of ether oxygens (including phenoxy) is 1. The average Bonchev–Trinajstić information content (AvgIpc) is 2.90. The Bertz CT molecular complexity index is 1780. The van der Waals surface area contributed by atoms with E-state index in [0.717, 1.165) is 27.8 Å². The fourth-order valence-corrected chi connectivity index (χ4v) is 5.99. The van der Waals surface area contributed by atoms with E-state index < -0.39 is 5.41 Å². The molecule has 0 bridgehead atoms. The first-order valence-corrected chi connectivity index (χ1v) is 13.0. The van der Waals surface area contributed by atoms with Crippen LogP contribution in [0.4, 0.5) is 0 Å². The molecule has 5 aromatic rings. The van der Waals surface area contributed by atoms with Crippen LogP contribution in [0.2, 0.25) is 0 Å². The van der Waals surface area contributed by atoms with Gasteiger partial charge in [0.05, 0.1) is 34.6 Å². The minimum Gasteiger partial charge on any atom is -0.469 e. The summed E-state index contributed by atoms with van der Waals surface area (Å²) < 4.78 is 9.03. The molecule has 0 saturated carbocycles. The number of nitrogens with zero attached hydrogens (tertiary/aromatic N) is 2. The Balaban J connectivity index is 1.69. The third-order valence-electron chi connectivity index (χ3n) is 6.87. The number of hydrogen-bond donors (Lipinski definition) is 0. The van der Waals surface area contributed by atoms with Gasteiger partial charge in [-0.05, 0) is 50.2 Å². The molecule has 0 N–H and O–H groups in total. The summed E-state index contributed by atoms with van der Waals surface area (Å²) in [5.74, 6) is 1.12. The van der Waals surface area contributed by atoms with E-state index in [1.54, 1.807) is 11.8 Å². The number of aryl methyl sites for hydroxylation is 2. The van der Waals surface area contributed by atoms with Crippen LogP contribution < -0.4 is 10.9 Å². The van der Waals surface area contributed by atoms with Crippen LogP contribution in [0.15, 0.2) is 70.3 Å².